The Kier molecular flexibility index (Phi) is 4.70. The predicted molar refractivity (Wildman–Crippen MR) is 103 cm³/mol. The van der Waals surface area contributed by atoms with E-state index in [1.165, 1.54) is 18.2 Å². The maximum absolute atomic E-state index is 13.3. The van der Waals surface area contributed by atoms with Crippen LogP contribution in [0.15, 0.2) is 48.5 Å². The van der Waals surface area contributed by atoms with Gasteiger partial charge in [0.15, 0.2) is 0 Å². The summed E-state index contributed by atoms with van der Waals surface area (Å²) in [5, 5.41) is 3.48. The summed E-state index contributed by atoms with van der Waals surface area (Å²) in [6.45, 7) is 4.76. The summed E-state index contributed by atoms with van der Waals surface area (Å²) in [6.07, 6.45) is 0. The average molecular weight is 364 g/mol. The molecule has 3 atom stereocenters. The first kappa shape index (κ1) is 17.7. The van der Waals surface area contributed by atoms with Gasteiger partial charge in [-0.1, -0.05) is 24.3 Å². The fourth-order valence-electron chi connectivity index (χ4n) is 4.48. The maximum Gasteiger partial charge on any atom is 0.337 e. The van der Waals surface area contributed by atoms with Gasteiger partial charge in [0.2, 0.25) is 0 Å². The molecule has 0 saturated carbocycles. The highest BCUT2D eigenvalue weighted by Gasteiger charge is 2.47. The highest BCUT2D eigenvalue weighted by atomic mass is 16.5. The standard InChI is InChI=1S/C22H24N2O3/c1-14-5-3-4-6-18(14)20-19-12-23-11-17(19)13-24(20)21(25)15-7-9-16(10-8-15)22(26)27-2/h3-10,17,19-20,23H,11-13H2,1-2H3/t17-,19-,20-/m0/s1. The van der Waals surface area contributed by atoms with Crippen LogP contribution in [-0.4, -0.2) is 43.5 Å². The van der Waals surface area contributed by atoms with E-state index in [0.717, 1.165) is 19.6 Å². The Hall–Kier alpha value is -2.66. The van der Waals surface area contributed by atoms with Crippen molar-refractivity contribution >= 4 is 11.9 Å². The van der Waals surface area contributed by atoms with E-state index in [1.54, 1.807) is 24.3 Å². The molecular weight excluding hydrogens is 340 g/mol. The molecule has 2 heterocycles. The molecule has 140 valence electrons. The van der Waals surface area contributed by atoms with Crippen LogP contribution in [0.5, 0.6) is 0 Å². The van der Waals surface area contributed by atoms with Crippen LogP contribution in [-0.2, 0) is 4.74 Å². The SMILES string of the molecule is COC(=O)c1ccc(C(=O)N2C[C@@H]3CNC[C@@H]3[C@@H]2c2ccccc2C)cc1. The van der Waals surface area contributed by atoms with Gasteiger partial charge in [-0.3, -0.25) is 4.79 Å². The second kappa shape index (κ2) is 7.16. The van der Waals surface area contributed by atoms with Gasteiger partial charge >= 0.3 is 5.97 Å². The third-order valence-corrected chi connectivity index (χ3v) is 5.89. The lowest BCUT2D eigenvalue weighted by Gasteiger charge is -2.29. The minimum atomic E-state index is -0.395. The third-order valence-electron chi connectivity index (χ3n) is 5.89. The van der Waals surface area contributed by atoms with Crippen molar-refractivity contribution in [3.63, 3.8) is 0 Å². The summed E-state index contributed by atoms with van der Waals surface area (Å²) in [6, 6.07) is 15.2. The van der Waals surface area contributed by atoms with E-state index in [-0.39, 0.29) is 11.9 Å². The summed E-state index contributed by atoms with van der Waals surface area (Å²) in [5.74, 6) is 0.542. The molecule has 2 aromatic carbocycles. The smallest absolute Gasteiger partial charge is 0.337 e. The number of aryl methyl sites for hydroxylation is 1. The summed E-state index contributed by atoms with van der Waals surface area (Å²) >= 11 is 0. The molecule has 27 heavy (non-hydrogen) atoms. The van der Waals surface area contributed by atoms with E-state index in [1.807, 2.05) is 17.0 Å². The van der Waals surface area contributed by atoms with E-state index in [2.05, 4.69) is 24.4 Å². The van der Waals surface area contributed by atoms with Crippen molar-refractivity contribution in [1.29, 1.82) is 0 Å². The Bertz CT molecular complexity index is 862. The monoisotopic (exact) mass is 364 g/mol. The molecule has 2 saturated heterocycles. The first-order chi connectivity index (χ1) is 13.1. The van der Waals surface area contributed by atoms with Crippen molar-refractivity contribution in [2.45, 2.75) is 13.0 Å². The number of amides is 1. The van der Waals surface area contributed by atoms with Crippen LogP contribution in [0, 0.1) is 18.8 Å². The van der Waals surface area contributed by atoms with E-state index < -0.39 is 5.97 Å². The second-order valence-corrected chi connectivity index (χ2v) is 7.41. The quantitative estimate of drug-likeness (QED) is 0.851. The topological polar surface area (TPSA) is 58.6 Å². The molecule has 1 amide bonds. The number of benzene rings is 2. The Morgan fingerprint density at radius 1 is 1.04 bits per heavy atom. The molecular formula is C22H24N2O3. The summed E-state index contributed by atoms with van der Waals surface area (Å²) < 4.78 is 4.73. The van der Waals surface area contributed by atoms with Gasteiger partial charge in [0.1, 0.15) is 0 Å². The molecule has 2 aliphatic heterocycles. The largest absolute Gasteiger partial charge is 0.465 e. The summed E-state index contributed by atoms with van der Waals surface area (Å²) in [7, 11) is 1.35. The molecule has 5 heteroatoms. The van der Waals surface area contributed by atoms with Gasteiger partial charge in [-0.05, 0) is 48.2 Å². The van der Waals surface area contributed by atoms with Crippen LogP contribution in [0.25, 0.3) is 0 Å². The van der Waals surface area contributed by atoms with Crippen LogP contribution in [0.1, 0.15) is 37.9 Å². The molecule has 4 rings (SSSR count). The normalized spacial score (nSPS) is 23.9. The number of carbonyl (C=O) groups is 2. The number of esters is 1. The van der Waals surface area contributed by atoms with Gasteiger partial charge in [0, 0.05) is 31.1 Å². The number of nitrogens with one attached hydrogen (secondary N) is 1. The molecule has 2 fully saturated rings. The van der Waals surface area contributed by atoms with Crippen molar-refractivity contribution < 1.29 is 14.3 Å². The lowest BCUT2D eigenvalue weighted by atomic mass is 9.87. The zero-order valence-corrected chi connectivity index (χ0v) is 15.6. The van der Waals surface area contributed by atoms with Crippen molar-refractivity contribution in [3.05, 3.63) is 70.8 Å². The number of methoxy groups -OCH3 is 1. The van der Waals surface area contributed by atoms with Gasteiger partial charge in [0.25, 0.3) is 5.91 Å². The summed E-state index contributed by atoms with van der Waals surface area (Å²) in [4.78, 5) is 27.0. The minimum Gasteiger partial charge on any atom is -0.465 e. The molecule has 2 aliphatic rings. The van der Waals surface area contributed by atoms with E-state index in [4.69, 9.17) is 4.74 Å². The fourth-order valence-corrected chi connectivity index (χ4v) is 4.48. The van der Waals surface area contributed by atoms with Gasteiger partial charge in [-0.25, -0.2) is 4.79 Å². The fraction of sp³-hybridized carbons (Fsp3) is 0.364. The van der Waals surface area contributed by atoms with Gasteiger partial charge in [-0.15, -0.1) is 0 Å². The van der Waals surface area contributed by atoms with Crippen LogP contribution < -0.4 is 5.32 Å². The predicted octanol–water partition coefficient (Wildman–Crippen LogP) is 2.81. The number of hydrogen-bond donors (Lipinski definition) is 1. The highest BCUT2D eigenvalue weighted by Crippen LogP contribution is 2.44. The van der Waals surface area contributed by atoms with E-state index in [0.29, 0.717) is 23.0 Å². The molecule has 5 nitrogen and oxygen atoms in total. The first-order valence-corrected chi connectivity index (χ1v) is 9.35. The molecule has 1 N–H and O–H groups in total. The van der Waals surface area contributed by atoms with Crippen molar-refractivity contribution in [2.24, 2.45) is 11.8 Å². The number of carbonyl (C=O) groups excluding carboxylic acids is 2. The molecule has 0 bridgehead atoms. The zero-order valence-electron chi connectivity index (χ0n) is 15.6. The number of fused-ring (bicyclic) bond motifs is 1. The number of ether oxygens (including phenoxy) is 1. The Balaban J connectivity index is 1.65. The Morgan fingerprint density at radius 3 is 2.44 bits per heavy atom. The molecule has 0 spiro atoms. The number of hydrogen-bond acceptors (Lipinski definition) is 4. The first-order valence-electron chi connectivity index (χ1n) is 9.35. The average Bonchev–Trinajstić information content (AvgIpc) is 3.29. The van der Waals surface area contributed by atoms with Gasteiger partial charge in [0.05, 0.1) is 18.7 Å². The zero-order chi connectivity index (χ0) is 19.0. The molecule has 0 radical (unpaired) electrons. The van der Waals surface area contributed by atoms with E-state index >= 15 is 0 Å². The number of nitrogens with zero attached hydrogens (tertiary/aromatic N) is 1. The highest BCUT2D eigenvalue weighted by molar-refractivity contribution is 5.96. The van der Waals surface area contributed by atoms with Crippen LogP contribution in [0.4, 0.5) is 0 Å². The summed E-state index contributed by atoms with van der Waals surface area (Å²) in [5.41, 5.74) is 3.50. The van der Waals surface area contributed by atoms with Crippen molar-refractivity contribution in [1.82, 2.24) is 10.2 Å². The third kappa shape index (κ3) is 3.12. The lowest BCUT2D eigenvalue weighted by molar-refractivity contribution is 0.0599. The molecule has 0 aromatic heterocycles. The maximum atomic E-state index is 13.3. The Labute approximate surface area is 159 Å². The van der Waals surface area contributed by atoms with Gasteiger partial charge in [-0.2, -0.15) is 0 Å². The van der Waals surface area contributed by atoms with Crippen molar-refractivity contribution in [3.8, 4) is 0 Å². The molecule has 2 aromatic rings. The second-order valence-electron chi connectivity index (χ2n) is 7.41. The minimum absolute atomic E-state index is 0.0223. The Morgan fingerprint density at radius 2 is 1.74 bits per heavy atom. The van der Waals surface area contributed by atoms with E-state index in [9.17, 15) is 9.59 Å². The van der Waals surface area contributed by atoms with Crippen LogP contribution >= 0.6 is 0 Å². The van der Waals surface area contributed by atoms with Crippen LogP contribution in [0.3, 0.4) is 0 Å². The number of likely N-dealkylation sites (tertiary alicyclic amines) is 1. The number of rotatable bonds is 3. The molecule has 0 unspecified atom stereocenters. The lowest BCUT2D eigenvalue weighted by Crippen LogP contribution is -2.35. The van der Waals surface area contributed by atoms with Crippen LogP contribution in [0.2, 0.25) is 0 Å². The molecule has 0 aliphatic carbocycles. The van der Waals surface area contributed by atoms with Crippen molar-refractivity contribution in [2.75, 3.05) is 26.7 Å². The van der Waals surface area contributed by atoms with Gasteiger partial charge < -0.3 is 15.0 Å².